The van der Waals surface area contributed by atoms with Crippen LogP contribution in [-0.2, 0) is 9.59 Å². The van der Waals surface area contributed by atoms with E-state index in [1.165, 1.54) is 11.3 Å². The zero-order valence-corrected chi connectivity index (χ0v) is 11.5. The lowest BCUT2D eigenvalue weighted by molar-refractivity contribution is -0.145. The number of hydrogen-bond donors (Lipinski definition) is 4. The largest absolute Gasteiger partial charge is 0.481 e. The summed E-state index contributed by atoms with van der Waals surface area (Å²) in [7, 11) is 0. The second kappa shape index (κ2) is 7.43. The van der Waals surface area contributed by atoms with Crippen molar-refractivity contribution in [2.24, 2.45) is 0 Å². The van der Waals surface area contributed by atoms with Crippen molar-refractivity contribution < 1.29 is 24.6 Å². The number of carbonyl (C=O) groups excluding carboxylic acids is 1. The highest BCUT2D eigenvalue weighted by atomic mass is 32.1. The van der Waals surface area contributed by atoms with Gasteiger partial charge in [-0.15, -0.1) is 11.3 Å². The molecule has 8 nitrogen and oxygen atoms in total. The summed E-state index contributed by atoms with van der Waals surface area (Å²) in [6.45, 7) is 1.85. The quantitative estimate of drug-likeness (QED) is 0.590. The van der Waals surface area contributed by atoms with E-state index in [0.29, 0.717) is 11.4 Å². The van der Waals surface area contributed by atoms with Gasteiger partial charge in [-0.25, -0.2) is 14.6 Å². The molecule has 1 aromatic rings. The van der Waals surface area contributed by atoms with Crippen molar-refractivity contribution >= 4 is 29.3 Å². The van der Waals surface area contributed by atoms with Crippen LogP contribution in [0.2, 0.25) is 0 Å². The molecule has 4 N–H and O–H groups in total. The number of carbonyl (C=O) groups is 3. The first-order valence-electron chi connectivity index (χ1n) is 5.85. The second-order valence-electron chi connectivity index (χ2n) is 3.94. The van der Waals surface area contributed by atoms with Crippen molar-refractivity contribution in [1.82, 2.24) is 15.6 Å². The highest BCUT2D eigenvalue weighted by Crippen LogP contribution is 2.18. The Balaban J connectivity index is 2.60. The van der Waals surface area contributed by atoms with E-state index in [-0.39, 0.29) is 6.04 Å². The van der Waals surface area contributed by atoms with Crippen LogP contribution in [0.5, 0.6) is 0 Å². The van der Waals surface area contributed by atoms with Crippen LogP contribution < -0.4 is 10.6 Å². The number of urea groups is 1. The summed E-state index contributed by atoms with van der Waals surface area (Å²) < 4.78 is 0. The Morgan fingerprint density at radius 3 is 2.50 bits per heavy atom. The average molecular weight is 301 g/mol. The number of nitrogens with one attached hydrogen (secondary N) is 2. The van der Waals surface area contributed by atoms with Gasteiger partial charge in [0.1, 0.15) is 11.0 Å². The normalized spacial score (nSPS) is 13.2. The van der Waals surface area contributed by atoms with Crippen molar-refractivity contribution in [3.05, 3.63) is 16.6 Å². The predicted molar refractivity (Wildman–Crippen MR) is 70.5 cm³/mol. The number of rotatable bonds is 7. The van der Waals surface area contributed by atoms with Crippen LogP contribution in [0.3, 0.4) is 0 Å². The van der Waals surface area contributed by atoms with Crippen LogP contribution >= 0.6 is 11.3 Å². The van der Waals surface area contributed by atoms with Gasteiger partial charge in [0.25, 0.3) is 0 Å². The van der Waals surface area contributed by atoms with Crippen molar-refractivity contribution in [3.8, 4) is 0 Å². The van der Waals surface area contributed by atoms with Gasteiger partial charge in [-0.1, -0.05) is 6.92 Å². The van der Waals surface area contributed by atoms with Crippen LogP contribution in [0.25, 0.3) is 0 Å². The van der Waals surface area contributed by atoms with E-state index in [1.54, 1.807) is 11.6 Å². The molecule has 110 valence electrons. The monoisotopic (exact) mass is 301 g/mol. The summed E-state index contributed by atoms with van der Waals surface area (Å²) in [5, 5.41) is 24.6. The maximum absolute atomic E-state index is 11.7. The Labute approximate surface area is 118 Å². The van der Waals surface area contributed by atoms with Gasteiger partial charge in [0.05, 0.1) is 12.5 Å². The number of nitrogens with zero attached hydrogens (tertiary/aromatic N) is 1. The number of aromatic nitrogens is 1. The Hall–Kier alpha value is -2.16. The molecule has 0 spiro atoms. The predicted octanol–water partition coefficient (Wildman–Crippen LogP) is 0.821. The summed E-state index contributed by atoms with van der Waals surface area (Å²) in [5.74, 6) is -2.70. The number of carboxylic acids is 2. The molecule has 0 aromatic carbocycles. The van der Waals surface area contributed by atoms with Crippen LogP contribution in [-0.4, -0.2) is 39.2 Å². The minimum absolute atomic E-state index is 0.339. The summed E-state index contributed by atoms with van der Waals surface area (Å²) in [4.78, 5) is 37.1. The summed E-state index contributed by atoms with van der Waals surface area (Å²) in [5.41, 5.74) is 0. The van der Waals surface area contributed by atoms with Crippen molar-refractivity contribution in [2.45, 2.75) is 31.8 Å². The first-order valence-corrected chi connectivity index (χ1v) is 6.73. The zero-order valence-electron chi connectivity index (χ0n) is 10.7. The fourth-order valence-corrected chi connectivity index (χ4v) is 2.25. The molecule has 1 rings (SSSR count). The molecule has 9 heteroatoms. The topological polar surface area (TPSA) is 129 Å². The fraction of sp³-hybridized carbons (Fsp3) is 0.455. The molecule has 0 saturated heterocycles. The first kappa shape index (κ1) is 15.9. The van der Waals surface area contributed by atoms with Crippen LogP contribution in [0.4, 0.5) is 4.79 Å². The molecular weight excluding hydrogens is 286 g/mol. The summed E-state index contributed by atoms with van der Waals surface area (Å²) in [6.07, 6.45) is 1.50. The number of carboxylic acid groups (broad SMARTS) is 2. The lowest BCUT2D eigenvalue weighted by Crippen LogP contribution is -2.47. The van der Waals surface area contributed by atoms with Gasteiger partial charge in [-0.05, 0) is 6.42 Å². The van der Waals surface area contributed by atoms with E-state index < -0.39 is 30.4 Å². The standard InChI is InChI=1S/C11H15N3O5S/c1-2-6(9-12-3-4-20-9)13-11(19)14-7(10(17)18)5-8(15)16/h3-4,6-7H,2,5H2,1H3,(H,15,16)(H,17,18)(H2,13,14,19). The maximum Gasteiger partial charge on any atom is 0.326 e. The minimum Gasteiger partial charge on any atom is -0.481 e. The lowest BCUT2D eigenvalue weighted by atomic mass is 10.2. The number of amides is 2. The molecule has 0 aliphatic heterocycles. The molecule has 1 aromatic heterocycles. The molecule has 0 bridgehead atoms. The van der Waals surface area contributed by atoms with Crippen LogP contribution in [0.1, 0.15) is 30.8 Å². The maximum atomic E-state index is 11.7. The fourth-order valence-electron chi connectivity index (χ4n) is 1.48. The third kappa shape index (κ3) is 4.84. The van der Waals surface area contributed by atoms with E-state index >= 15 is 0 Å². The molecule has 0 aliphatic rings. The lowest BCUT2D eigenvalue weighted by Gasteiger charge is -2.17. The van der Waals surface area contributed by atoms with Gasteiger partial charge in [-0.2, -0.15) is 0 Å². The third-order valence-corrected chi connectivity index (χ3v) is 3.33. The Morgan fingerprint density at radius 1 is 1.35 bits per heavy atom. The van der Waals surface area contributed by atoms with Crippen molar-refractivity contribution in [2.75, 3.05) is 0 Å². The molecule has 1 heterocycles. The average Bonchev–Trinajstić information content (AvgIpc) is 2.88. The van der Waals surface area contributed by atoms with Gasteiger partial charge >= 0.3 is 18.0 Å². The smallest absolute Gasteiger partial charge is 0.326 e. The molecule has 0 saturated carbocycles. The third-order valence-electron chi connectivity index (χ3n) is 2.45. The Bertz CT molecular complexity index is 476. The van der Waals surface area contributed by atoms with Crippen LogP contribution in [0, 0.1) is 0 Å². The molecule has 2 atom stereocenters. The zero-order chi connectivity index (χ0) is 15.1. The highest BCUT2D eigenvalue weighted by Gasteiger charge is 2.24. The first-order chi connectivity index (χ1) is 9.43. The number of aliphatic carboxylic acids is 2. The van der Waals surface area contributed by atoms with Gasteiger partial charge in [-0.3, -0.25) is 4.79 Å². The number of hydrogen-bond acceptors (Lipinski definition) is 5. The van der Waals surface area contributed by atoms with E-state index in [1.807, 2.05) is 6.92 Å². The van der Waals surface area contributed by atoms with E-state index in [2.05, 4.69) is 15.6 Å². The van der Waals surface area contributed by atoms with Crippen molar-refractivity contribution in [1.29, 1.82) is 0 Å². The van der Waals surface area contributed by atoms with Crippen LogP contribution in [0.15, 0.2) is 11.6 Å². The molecule has 0 fully saturated rings. The van der Waals surface area contributed by atoms with Gasteiger partial charge in [0.15, 0.2) is 0 Å². The minimum atomic E-state index is -1.47. The van der Waals surface area contributed by atoms with E-state index in [4.69, 9.17) is 10.2 Å². The SMILES string of the molecule is CCC(NC(=O)NC(CC(=O)O)C(=O)O)c1nccs1. The second-order valence-corrected chi connectivity index (χ2v) is 4.86. The van der Waals surface area contributed by atoms with E-state index in [0.717, 1.165) is 0 Å². The van der Waals surface area contributed by atoms with Gasteiger partial charge in [0, 0.05) is 11.6 Å². The van der Waals surface area contributed by atoms with Crippen molar-refractivity contribution in [3.63, 3.8) is 0 Å². The molecule has 0 radical (unpaired) electrons. The molecule has 20 heavy (non-hydrogen) atoms. The summed E-state index contributed by atoms with van der Waals surface area (Å²) >= 11 is 1.37. The Kier molecular flexibility index (Phi) is 5.91. The van der Waals surface area contributed by atoms with Gasteiger partial charge < -0.3 is 20.8 Å². The highest BCUT2D eigenvalue weighted by molar-refractivity contribution is 7.09. The number of thiazole rings is 1. The molecular formula is C11H15N3O5S. The van der Waals surface area contributed by atoms with Gasteiger partial charge in [0.2, 0.25) is 0 Å². The molecule has 2 amide bonds. The summed E-state index contributed by atoms with van der Waals surface area (Å²) in [6, 6.07) is -2.55. The molecule has 0 aliphatic carbocycles. The van der Waals surface area contributed by atoms with E-state index in [9.17, 15) is 14.4 Å². The Morgan fingerprint density at radius 2 is 2.05 bits per heavy atom. The molecule has 2 unspecified atom stereocenters.